The second-order valence-corrected chi connectivity index (χ2v) is 4.39. The minimum absolute atomic E-state index is 0.244. The molecule has 0 spiro atoms. The first-order valence-electron chi connectivity index (χ1n) is 6.30. The molecule has 0 radical (unpaired) electrons. The van der Waals surface area contributed by atoms with E-state index in [0.29, 0.717) is 5.56 Å². The number of hydrogen-bond acceptors (Lipinski definition) is 4. The second kappa shape index (κ2) is 5.83. The van der Waals surface area contributed by atoms with Crippen LogP contribution in [0.25, 0.3) is 5.69 Å². The topological polar surface area (TPSA) is 70.1 Å². The normalized spacial score (nSPS) is 12.2. The monoisotopic (exact) mass is 277 g/mol. The van der Waals surface area contributed by atoms with Crippen molar-refractivity contribution in [2.24, 2.45) is 5.73 Å². The van der Waals surface area contributed by atoms with Crippen LogP contribution in [0.2, 0.25) is 0 Å². The van der Waals surface area contributed by atoms with Gasteiger partial charge in [0, 0.05) is 12.2 Å². The first-order valence-corrected chi connectivity index (χ1v) is 6.30. The molecule has 2 N–H and O–H groups in total. The number of hydrogen-bond donors (Lipinski definition) is 1. The minimum Gasteiger partial charge on any atom is -0.462 e. The fourth-order valence-electron chi connectivity index (χ4n) is 1.77. The van der Waals surface area contributed by atoms with Crippen LogP contribution in [0.3, 0.4) is 0 Å². The van der Waals surface area contributed by atoms with Gasteiger partial charge in [-0.15, -0.1) is 0 Å². The van der Waals surface area contributed by atoms with Crippen LogP contribution in [0.1, 0.15) is 35.8 Å². The molecule has 5 nitrogen and oxygen atoms in total. The first-order chi connectivity index (χ1) is 9.52. The highest BCUT2D eigenvalue weighted by molar-refractivity contribution is 5.88. The van der Waals surface area contributed by atoms with Crippen molar-refractivity contribution in [3.05, 3.63) is 47.5 Å². The number of carbonyl (C=O) groups is 1. The van der Waals surface area contributed by atoms with Crippen LogP contribution in [0.4, 0.5) is 4.39 Å². The average molecular weight is 277 g/mol. The molecule has 20 heavy (non-hydrogen) atoms. The minimum atomic E-state index is -0.480. The van der Waals surface area contributed by atoms with Gasteiger partial charge in [0.15, 0.2) is 0 Å². The third kappa shape index (κ3) is 2.85. The van der Waals surface area contributed by atoms with Crippen molar-refractivity contribution < 1.29 is 13.9 Å². The van der Waals surface area contributed by atoms with Crippen LogP contribution >= 0.6 is 0 Å². The van der Waals surface area contributed by atoms with Gasteiger partial charge in [-0.05, 0) is 31.5 Å². The average Bonchev–Trinajstić information content (AvgIpc) is 2.88. The molecule has 1 heterocycles. The van der Waals surface area contributed by atoms with E-state index in [1.54, 1.807) is 26.0 Å². The Balaban J connectivity index is 2.30. The Hall–Kier alpha value is -2.21. The van der Waals surface area contributed by atoms with E-state index in [-0.39, 0.29) is 23.9 Å². The summed E-state index contributed by atoms with van der Waals surface area (Å²) in [6, 6.07) is 4.43. The van der Waals surface area contributed by atoms with Gasteiger partial charge in [-0.3, -0.25) is 0 Å². The number of carbonyl (C=O) groups excluding carboxylic acids is 1. The van der Waals surface area contributed by atoms with Crippen LogP contribution in [-0.4, -0.2) is 22.4 Å². The maximum atomic E-state index is 14.0. The lowest BCUT2D eigenvalue weighted by molar-refractivity contribution is 0.0526. The molecule has 1 aromatic carbocycles. The highest BCUT2D eigenvalue weighted by Crippen LogP contribution is 2.18. The van der Waals surface area contributed by atoms with E-state index in [4.69, 9.17) is 10.5 Å². The predicted octanol–water partition coefficient (Wildman–Crippen LogP) is 2.21. The molecule has 106 valence electrons. The Morgan fingerprint density at radius 2 is 2.30 bits per heavy atom. The summed E-state index contributed by atoms with van der Waals surface area (Å²) >= 11 is 0. The van der Waals surface area contributed by atoms with Gasteiger partial charge in [0.2, 0.25) is 0 Å². The number of rotatable bonds is 4. The van der Waals surface area contributed by atoms with Gasteiger partial charge in [0.25, 0.3) is 0 Å². The van der Waals surface area contributed by atoms with E-state index in [2.05, 4.69) is 5.10 Å². The van der Waals surface area contributed by atoms with Crippen LogP contribution < -0.4 is 5.73 Å². The van der Waals surface area contributed by atoms with E-state index < -0.39 is 11.8 Å². The first kappa shape index (κ1) is 14.2. The Kier molecular flexibility index (Phi) is 4.14. The number of nitrogens with two attached hydrogens (primary N) is 1. The fraction of sp³-hybridized carbons (Fsp3) is 0.286. The molecule has 0 bridgehead atoms. The number of halogens is 1. The molecule has 0 aliphatic rings. The smallest absolute Gasteiger partial charge is 0.341 e. The van der Waals surface area contributed by atoms with E-state index in [1.807, 2.05) is 0 Å². The summed E-state index contributed by atoms with van der Waals surface area (Å²) in [4.78, 5) is 11.5. The van der Waals surface area contributed by atoms with Gasteiger partial charge in [-0.2, -0.15) is 5.10 Å². The highest BCUT2D eigenvalue weighted by atomic mass is 19.1. The molecule has 6 heteroatoms. The van der Waals surface area contributed by atoms with E-state index in [0.717, 1.165) is 0 Å². The molecule has 0 aliphatic heterocycles. The van der Waals surface area contributed by atoms with Gasteiger partial charge < -0.3 is 10.5 Å². The largest absolute Gasteiger partial charge is 0.462 e. The summed E-state index contributed by atoms with van der Waals surface area (Å²) in [5.74, 6) is -0.926. The van der Waals surface area contributed by atoms with Crippen LogP contribution in [-0.2, 0) is 4.74 Å². The molecule has 0 unspecified atom stereocenters. The standard InChI is InChI=1S/C14H16FN3O2/c1-3-20-14(19)11-7-17-18(8-11)13-5-4-10(9(2)16)6-12(13)15/h4-9H,3,16H2,1-2H3/t9-/m0/s1. The summed E-state index contributed by atoms with van der Waals surface area (Å²) in [6.45, 7) is 3.78. The summed E-state index contributed by atoms with van der Waals surface area (Å²) in [5.41, 5.74) is 6.93. The van der Waals surface area contributed by atoms with Gasteiger partial charge in [-0.1, -0.05) is 6.07 Å². The maximum absolute atomic E-state index is 14.0. The third-order valence-electron chi connectivity index (χ3n) is 2.84. The van der Waals surface area contributed by atoms with Crippen molar-refractivity contribution in [3.8, 4) is 5.69 Å². The van der Waals surface area contributed by atoms with Crippen molar-refractivity contribution in [1.82, 2.24) is 9.78 Å². The Morgan fingerprint density at radius 3 is 2.90 bits per heavy atom. The number of aromatic nitrogens is 2. The molecule has 0 aliphatic carbocycles. The van der Waals surface area contributed by atoms with Crippen molar-refractivity contribution in [2.75, 3.05) is 6.61 Å². The lowest BCUT2D eigenvalue weighted by Crippen LogP contribution is -2.07. The van der Waals surface area contributed by atoms with Gasteiger partial charge in [0.05, 0.1) is 18.4 Å². The fourth-order valence-corrected chi connectivity index (χ4v) is 1.77. The molecular weight excluding hydrogens is 261 g/mol. The van der Waals surface area contributed by atoms with Gasteiger partial charge in [-0.25, -0.2) is 13.9 Å². The maximum Gasteiger partial charge on any atom is 0.341 e. The zero-order valence-corrected chi connectivity index (χ0v) is 11.3. The molecule has 2 aromatic rings. The van der Waals surface area contributed by atoms with E-state index in [1.165, 1.54) is 23.1 Å². The molecule has 1 aromatic heterocycles. The molecule has 0 amide bonds. The predicted molar refractivity (Wildman–Crippen MR) is 72.1 cm³/mol. The summed E-state index contributed by atoms with van der Waals surface area (Å²) in [7, 11) is 0. The Bertz CT molecular complexity index is 623. The van der Waals surface area contributed by atoms with E-state index in [9.17, 15) is 9.18 Å². The second-order valence-electron chi connectivity index (χ2n) is 4.39. The lowest BCUT2D eigenvalue weighted by Gasteiger charge is -2.08. The molecule has 0 fully saturated rings. The number of nitrogens with zero attached hydrogens (tertiary/aromatic N) is 2. The van der Waals surface area contributed by atoms with Crippen molar-refractivity contribution in [2.45, 2.75) is 19.9 Å². The van der Waals surface area contributed by atoms with Crippen molar-refractivity contribution >= 4 is 5.97 Å². The SMILES string of the molecule is CCOC(=O)c1cnn(-c2ccc([C@H](C)N)cc2F)c1. The molecule has 0 saturated carbocycles. The highest BCUT2D eigenvalue weighted by Gasteiger charge is 2.13. The Labute approximate surface area is 116 Å². The van der Waals surface area contributed by atoms with Gasteiger partial charge >= 0.3 is 5.97 Å². The third-order valence-corrected chi connectivity index (χ3v) is 2.84. The molecule has 1 atom stereocenters. The Morgan fingerprint density at radius 1 is 1.55 bits per heavy atom. The zero-order valence-electron chi connectivity index (χ0n) is 11.3. The summed E-state index contributed by atoms with van der Waals surface area (Å²) in [5, 5.41) is 3.97. The lowest BCUT2D eigenvalue weighted by atomic mass is 10.1. The van der Waals surface area contributed by atoms with Crippen molar-refractivity contribution in [1.29, 1.82) is 0 Å². The van der Waals surface area contributed by atoms with Crippen LogP contribution in [0.15, 0.2) is 30.6 Å². The number of benzene rings is 1. The van der Waals surface area contributed by atoms with E-state index >= 15 is 0 Å². The van der Waals surface area contributed by atoms with Gasteiger partial charge in [0.1, 0.15) is 11.5 Å². The summed E-state index contributed by atoms with van der Waals surface area (Å²) < 4.78 is 20.2. The molecule has 2 rings (SSSR count). The zero-order chi connectivity index (χ0) is 14.7. The summed E-state index contributed by atoms with van der Waals surface area (Å²) in [6.07, 6.45) is 2.78. The van der Waals surface area contributed by atoms with Crippen LogP contribution in [0.5, 0.6) is 0 Å². The molecular formula is C14H16FN3O2. The number of esters is 1. The number of ether oxygens (including phenoxy) is 1. The van der Waals surface area contributed by atoms with Crippen LogP contribution in [0, 0.1) is 5.82 Å². The molecule has 0 saturated heterocycles. The van der Waals surface area contributed by atoms with Crippen molar-refractivity contribution in [3.63, 3.8) is 0 Å². The quantitative estimate of drug-likeness (QED) is 0.870.